The van der Waals surface area contributed by atoms with Crippen molar-refractivity contribution in [2.24, 2.45) is 5.73 Å². The van der Waals surface area contributed by atoms with E-state index >= 15 is 0 Å². The monoisotopic (exact) mass is 494 g/mol. The zero-order valence-corrected chi connectivity index (χ0v) is 18.5. The molecule has 5 rings (SSSR count). The molecule has 0 bridgehead atoms. The zero-order valence-electron chi connectivity index (χ0n) is 16.9. The summed E-state index contributed by atoms with van der Waals surface area (Å²) in [4.78, 5) is 40.1. The zero-order chi connectivity index (χ0) is 22.5. The van der Waals surface area contributed by atoms with Gasteiger partial charge in [0.25, 0.3) is 0 Å². The largest absolute Gasteiger partial charge is 0.457 e. The summed E-state index contributed by atoms with van der Waals surface area (Å²) in [6.07, 6.45) is 1.29. The van der Waals surface area contributed by atoms with Gasteiger partial charge in [-0.25, -0.2) is 4.79 Å². The van der Waals surface area contributed by atoms with Gasteiger partial charge in [-0.3, -0.25) is 9.59 Å². The van der Waals surface area contributed by atoms with E-state index in [1.54, 1.807) is 18.2 Å². The second-order valence-corrected chi connectivity index (χ2v) is 8.79. The van der Waals surface area contributed by atoms with Crippen molar-refractivity contribution >= 4 is 39.3 Å². The average molecular weight is 495 g/mol. The maximum absolute atomic E-state index is 13.6. The summed E-state index contributed by atoms with van der Waals surface area (Å²) in [7, 11) is 0. The van der Waals surface area contributed by atoms with Crippen LogP contribution in [0.1, 0.15) is 30.4 Å². The van der Waals surface area contributed by atoms with Gasteiger partial charge in [0.1, 0.15) is 23.4 Å². The summed E-state index contributed by atoms with van der Waals surface area (Å²) >= 11 is 3.44. The molecular formula is C24H19BrN2O5. The van der Waals surface area contributed by atoms with Gasteiger partial charge in [0.05, 0.1) is 5.57 Å². The van der Waals surface area contributed by atoms with Gasteiger partial charge in [-0.15, -0.1) is 0 Å². The van der Waals surface area contributed by atoms with E-state index in [1.165, 1.54) is 0 Å². The second-order valence-electron chi connectivity index (χ2n) is 7.87. The first-order valence-corrected chi connectivity index (χ1v) is 11.0. The normalized spacial score (nSPS) is 21.8. The third-order valence-electron chi connectivity index (χ3n) is 5.99. The van der Waals surface area contributed by atoms with Crippen LogP contribution < -0.4 is 11.1 Å². The minimum atomic E-state index is -1.72. The van der Waals surface area contributed by atoms with Crippen LogP contribution >= 0.6 is 15.9 Å². The van der Waals surface area contributed by atoms with Crippen molar-refractivity contribution < 1.29 is 23.9 Å². The number of nitrogens with one attached hydrogen (secondary N) is 1. The lowest BCUT2D eigenvalue weighted by Crippen LogP contribution is -2.49. The number of amides is 1. The number of carbonyl (C=O) groups is 3. The third kappa shape index (κ3) is 2.97. The van der Waals surface area contributed by atoms with E-state index in [2.05, 4.69) is 21.2 Å². The highest BCUT2D eigenvalue weighted by molar-refractivity contribution is 9.10. The van der Waals surface area contributed by atoms with Crippen LogP contribution in [0.15, 0.2) is 75.8 Å². The first-order valence-electron chi connectivity index (χ1n) is 10.2. The Hall–Kier alpha value is -3.39. The molecule has 0 aromatic heterocycles. The third-order valence-corrected chi connectivity index (χ3v) is 6.48. The molecule has 1 atom stereocenters. The van der Waals surface area contributed by atoms with Gasteiger partial charge in [0, 0.05) is 28.6 Å². The summed E-state index contributed by atoms with van der Waals surface area (Å²) in [5, 5.41) is 2.82. The maximum atomic E-state index is 13.6. The number of carbonyl (C=O) groups excluding carboxylic acids is 3. The summed E-state index contributed by atoms with van der Waals surface area (Å²) in [6, 6.07) is 14.4. The first kappa shape index (κ1) is 20.5. The van der Waals surface area contributed by atoms with Gasteiger partial charge < -0.3 is 20.5 Å². The van der Waals surface area contributed by atoms with E-state index in [-0.39, 0.29) is 35.8 Å². The van der Waals surface area contributed by atoms with Gasteiger partial charge >= 0.3 is 5.97 Å². The number of Topliss-reactive ketones (excluding diaryl/α,β-unsaturated/α-hetero) is 1. The fourth-order valence-electron chi connectivity index (χ4n) is 4.65. The molecule has 2 aromatic carbocycles. The van der Waals surface area contributed by atoms with Crippen molar-refractivity contribution in [3.63, 3.8) is 0 Å². The Morgan fingerprint density at radius 1 is 1.16 bits per heavy atom. The molecule has 1 amide bonds. The number of halogens is 1. The molecule has 3 aliphatic rings. The second kappa shape index (κ2) is 7.63. The molecular weight excluding hydrogens is 476 g/mol. The molecule has 32 heavy (non-hydrogen) atoms. The van der Waals surface area contributed by atoms with Gasteiger partial charge in [0.15, 0.2) is 5.78 Å². The fraction of sp³-hybridized carbons (Fsp3) is 0.208. The van der Waals surface area contributed by atoms with Gasteiger partial charge in [-0.05, 0) is 30.2 Å². The van der Waals surface area contributed by atoms with Crippen LogP contribution in [0.3, 0.4) is 0 Å². The molecule has 0 saturated carbocycles. The van der Waals surface area contributed by atoms with E-state index in [0.717, 1.165) is 5.56 Å². The lowest BCUT2D eigenvalue weighted by Gasteiger charge is -2.38. The summed E-state index contributed by atoms with van der Waals surface area (Å²) in [5.74, 6) is -1.46. The number of hydrogen-bond acceptors (Lipinski definition) is 6. The number of rotatable bonds is 3. The molecule has 162 valence electrons. The van der Waals surface area contributed by atoms with Crippen LogP contribution in [0.2, 0.25) is 0 Å². The topological polar surface area (TPSA) is 108 Å². The predicted octanol–water partition coefficient (Wildman–Crippen LogP) is 3.59. The van der Waals surface area contributed by atoms with Crippen molar-refractivity contribution in [2.45, 2.75) is 31.3 Å². The predicted molar refractivity (Wildman–Crippen MR) is 119 cm³/mol. The van der Waals surface area contributed by atoms with E-state index < -0.39 is 17.3 Å². The molecule has 0 saturated heterocycles. The Balaban J connectivity index is 1.68. The van der Waals surface area contributed by atoms with E-state index in [4.69, 9.17) is 15.2 Å². The Bertz CT molecular complexity index is 1230. The van der Waals surface area contributed by atoms with Crippen LogP contribution in [0.5, 0.6) is 0 Å². The number of nitrogens with two attached hydrogens (primary N) is 1. The molecule has 1 spiro atoms. The highest BCUT2D eigenvalue weighted by Crippen LogP contribution is 2.54. The first-order chi connectivity index (χ1) is 15.4. The van der Waals surface area contributed by atoms with Crippen molar-refractivity contribution in [3.8, 4) is 0 Å². The van der Waals surface area contributed by atoms with Crippen LogP contribution in [-0.4, -0.2) is 17.7 Å². The van der Waals surface area contributed by atoms with Crippen LogP contribution in [0.4, 0.5) is 5.69 Å². The molecule has 1 aliphatic carbocycles. The molecule has 0 fully saturated rings. The van der Waals surface area contributed by atoms with Crippen molar-refractivity contribution in [3.05, 3.63) is 86.9 Å². The summed E-state index contributed by atoms with van der Waals surface area (Å²) in [5.41, 5.74) is 6.26. The molecule has 3 N–H and O–H groups in total. The number of ketones is 1. The number of hydrogen-bond donors (Lipinski definition) is 2. The summed E-state index contributed by atoms with van der Waals surface area (Å²) in [6.45, 7) is -0.0145. The summed E-state index contributed by atoms with van der Waals surface area (Å²) < 4.78 is 12.0. The number of benzene rings is 2. The van der Waals surface area contributed by atoms with Crippen LogP contribution in [-0.2, 0) is 35.9 Å². The molecule has 2 aromatic rings. The highest BCUT2D eigenvalue weighted by Gasteiger charge is 2.61. The minimum absolute atomic E-state index is 0.0145. The van der Waals surface area contributed by atoms with Gasteiger partial charge in [-0.2, -0.15) is 0 Å². The van der Waals surface area contributed by atoms with Gasteiger partial charge in [0.2, 0.25) is 11.8 Å². The Morgan fingerprint density at radius 3 is 2.72 bits per heavy atom. The van der Waals surface area contributed by atoms with E-state index in [9.17, 15) is 14.4 Å². The fourth-order valence-corrected chi connectivity index (χ4v) is 5.01. The number of esters is 1. The Morgan fingerprint density at radius 2 is 1.94 bits per heavy atom. The standard InChI is InChI=1S/C24H19BrN2O5/c25-14-9-10-16-15(11-14)24(23(30)27-16)19-17(28)7-4-8-18(19)32-21(26)20(24)22(29)31-12-13-5-2-1-3-6-13/h1-3,5-6,9-11H,4,7-8,12,26H2,(H,27,30)/t24-/m0/s1. The minimum Gasteiger partial charge on any atom is -0.457 e. The quantitative estimate of drug-likeness (QED) is 0.631. The average Bonchev–Trinajstić information content (AvgIpc) is 3.04. The highest BCUT2D eigenvalue weighted by atomic mass is 79.9. The van der Waals surface area contributed by atoms with Crippen LogP contribution in [0, 0.1) is 0 Å². The number of anilines is 1. The van der Waals surface area contributed by atoms with Crippen molar-refractivity contribution in [1.82, 2.24) is 0 Å². The Labute approximate surface area is 192 Å². The SMILES string of the molecule is NC1=C(C(=O)OCc2ccccc2)[C@@]2(C(=O)Nc3ccc(Br)cc32)C2=C(CCCC2=O)O1. The Kier molecular flexibility index (Phi) is 4.89. The number of ether oxygens (including phenoxy) is 2. The van der Waals surface area contributed by atoms with Crippen molar-refractivity contribution in [1.29, 1.82) is 0 Å². The smallest absolute Gasteiger partial charge is 0.341 e. The molecule has 0 radical (unpaired) electrons. The molecule has 2 heterocycles. The van der Waals surface area contributed by atoms with Gasteiger partial charge in [-0.1, -0.05) is 46.3 Å². The molecule has 2 aliphatic heterocycles. The molecule has 7 nitrogen and oxygen atoms in total. The van der Waals surface area contributed by atoms with Crippen molar-refractivity contribution in [2.75, 3.05) is 5.32 Å². The number of allylic oxidation sites excluding steroid dienone is 1. The lowest BCUT2D eigenvalue weighted by atomic mass is 9.65. The molecule has 8 heteroatoms. The lowest BCUT2D eigenvalue weighted by molar-refractivity contribution is -0.142. The maximum Gasteiger partial charge on any atom is 0.341 e. The van der Waals surface area contributed by atoms with Crippen LogP contribution in [0.25, 0.3) is 0 Å². The van der Waals surface area contributed by atoms with E-state index in [1.807, 2.05) is 30.3 Å². The van der Waals surface area contributed by atoms with E-state index in [0.29, 0.717) is 34.3 Å². The number of fused-ring (bicyclic) bond motifs is 3. The molecule has 0 unspecified atom stereocenters.